The maximum absolute atomic E-state index is 10.8. The van der Waals surface area contributed by atoms with Crippen LogP contribution in [0.25, 0.3) is 21.9 Å². The predicted molar refractivity (Wildman–Crippen MR) is 184 cm³/mol. The summed E-state index contributed by atoms with van der Waals surface area (Å²) in [6.07, 6.45) is -10.5. The Labute approximate surface area is 289 Å². The molecule has 1 aliphatic rings. The Morgan fingerprint density at radius 2 is 1.62 bits per heavy atom. The average Bonchev–Trinajstić information content (AvgIpc) is 3.49. The molecule has 1 aliphatic heterocycles. The molecule has 15 heteroatoms. The van der Waals surface area contributed by atoms with Crippen LogP contribution in [0.4, 0.5) is 5.82 Å². The van der Waals surface area contributed by atoms with Gasteiger partial charge in [-0.15, -0.1) is 0 Å². The Morgan fingerprint density at radius 1 is 0.920 bits per heavy atom. The lowest BCUT2D eigenvalue weighted by atomic mass is 9.95. The van der Waals surface area contributed by atoms with Gasteiger partial charge < -0.3 is 65.9 Å². The molecule has 0 aliphatic carbocycles. The summed E-state index contributed by atoms with van der Waals surface area (Å²) in [7, 11) is 0. The molecule has 2 aromatic heterocycles. The minimum Gasteiger partial charge on any atom is -0.394 e. The second-order valence-electron chi connectivity index (χ2n) is 12.8. The fourth-order valence-electron chi connectivity index (χ4n) is 6.31. The summed E-state index contributed by atoms with van der Waals surface area (Å²) < 4.78 is 13.2. The van der Waals surface area contributed by atoms with Gasteiger partial charge in [-0.1, -0.05) is 55.8 Å². The van der Waals surface area contributed by atoms with Gasteiger partial charge in [0.05, 0.1) is 37.0 Å². The summed E-state index contributed by atoms with van der Waals surface area (Å²) >= 11 is 0. The maximum atomic E-state index is 10.8. The van der Waals surface area contributed by atoms with Crippen LogP contribution in [0.3, 0.4) is 0 Å². The van der Waals surface area contributed by atoms with Crippen molar-refractivity contribution in [1.82, 2.24) is 19.9 Å². The first-order chi connectivity index (χ1) is 24.1. The number of imidazole rings is 1. The van der Waals surface area contributed by atoms with Crippen molar-refractivity contribution in [3.63, 3.8) is 0 Å². The van der Waals surface area contributed by atoms with Crippen molar-refractivity contribution >= 4 is 27.8 Å². The molecule has 0 saturated carbocycles. The van der Waals surface area contributed by atoms with Crippen LogP contribution >= 0.6 is 0 Å². The Balaban J connectivity index is 1.20. The van der Waals surface area contributed by atoms with Gasteiger partial charge in [-0.05, 0) is 23.6 Å². The summed E-state index contributed by atoms with van der Waals surface area (Å²) in [5, 5.41) is 85.1. The van der Waals surface area contributed by atoms with Gasteiger partial charge in [0.2, 0.25) is 0 Å². The number of pyridine rings is 1. The molecule has 274 valence electrons. The van der Waals surface area contributed by atoms with Crippen LogP contribution in [0.2, 0.25) is 0 Å². The molecule has 0 bridgehead atoms. The number of ether oxygens (including phenoxy) is 2. The van der Waals surface area contributed by atoms with Crippen LogP contribution in [0.5, 0.6) is 0 Å². The van der Waals surface area contributed by atoms with Crippen molar-refractivity contribution in [1.29, 1.82) is 0 Å². The third-order valence-electron chi connectivity index (χ3n) is 9.23. The van der Waals surface area contributed by atoms with E-state index in [1.54, 1.807) is 0 Å². The molecule has 1 saturated heterocycles. The molecule has 11 N–H and O–H groups in total. The van der Waals surface area contributed by atoms with Gasteiger partial charge >= 0.3 is 0 Å². The summed E-state index contributed by atoms with van der Waals surface area (Å²) in [5.41, 5.74) is 10.8. The number of aryl methyl sites for hydroxylation is 1. The largest absolute Gasteiger partial charge is 0.394 e. The van der Waals surface area contributed by atoms with E-state index < -0.39 is 74.8 Å². The summed E-state index contributed by atoms with van der Waals surface area (Å²) in [4.78, 5) is 9.47. The number of benzene rings is 2. The number of unbranched alkanes of at least 4 members (excludes halogenated alkanes) is 1. The van der Waals surface area contributed by atoms with Crippen molar-refractivity contribution in [2.75, 3.05) is 32.1 Å². The van der Waals surface area contributed by atoms with E-state index in [-0.39, 0.29) is 6.54 Å². The predicted octanol–water partition coefficient (Wildman–Crippen LogP) is -1.05. The maximum Gasteiger partial charge on any atom is 0.152 e. The van der Waals surface area contributed by atoms with E-state index in [9.17, 15) is 40.9 Å². The molecule has 50 heavy (non-hydrogen) atoms. The number of hydrogen-bond donors (Lipinski definition) is 10. The van der Waals surface area contributed by atoms with Crippen molar-refractivity contribution in [2.24, 2.45) is 0 Å². The van der Waals surface area contributed by atoms with Gasteiger partial charge in [0.15, 0.2) is 5.82 Å². The third-order valence-corrected chi connectivity index (χ3v) is 9.23. The van der Waals surface area contributed by atoms with E-state index in [1.165, 1.54) is 0 Å². The highest BCUT2D eigenvalue weighted by atomic mass is 16.6. The second-order valence-corrected chi connectivity index (χ2v) is 12.8. The third kappa shape index (κ3) is 8.41. The lowest BCUT2D eigenvalue weighted by Gasteiger charge is -2.40. The first-order valence-corrected chi connectivity index (χ1v) is 17.0. The molecule has 15 nitrogen and oxygen atoms in total. The van der Waals surface area contributed by atoms with Crippen molar-refractivity contribution in [3.05, 3.63) is 65.5 Å². The zero-order chi connectivity index (χ0) is 35.9. The van der Waals surface area contributed by atoms with Gasteiger partial charge in [0, 0.05) is 31.4 Å². The van der Waals surface area contributed by atoms with Gasteiger partial charge in [-0.25, -0.2) is 9.97 Å². The Hall–Kier alpha value is -3.32. The molecule has 2 aromatic carbocycles. The summed E-state index contributed by atoms with van der Waals surface area (Å²) in [6.45, 7) is 1.08. The van der Waals surface area contributed by atoms with Gasteiger partial charge in [-0.2, -0.15) is 0 Å². The Kier molecular flexibility index (Phi) is 13.1. The van der Waals surface area contributed by atoms with Crippen LogP contribution in [0.1, 0.15) is 36.7 Å². The van der Waals surface area contributed by atoms with E-state index in [0.29, 0.717) is 24.4 Å². The molecule has 9 atom stereocenters. The molecule has 3 heterocycles. The van der Waals surface area contributed by atoms with Gasteiger partial charge in [0.1, 0.15) is 60.2 Å². The number of hydrogen-bond acceptors (Lipinski definition) is 14. The minimum absolute atomic E-state index is 0.0919. The summed E-state index contributed by atoms with van der Waals surface area (Å²) in [6, 6.07) is 15.9. The highest BCUT2D eigenvalue weighted by molar-refractivity contribution is 6.06. The molecular weight excluding hydrogens is 650 g/mol. The number of anilines is 1. The molecule has 4 aromatic rings. The van der Waals surface area contributed by atoms with Crippen molar-refractivity contribution in [3.8, 4) is 0 Å². The number of nitrogens with one attached hydrogen (secondary N) is 1. The fraction of sp³-hybridized carbons (Fsp3) is 0.543. The van der Waals surface area contributed by atoms with Crippen LogP contribution in [-0.2, 0) is 29.0 Å². The van der Waals surface area contributed by atoms with Crippen LogP contribution < -0.4 is 11.1 Å². The van der Waals surface area contributed by atoms with Gasteiger partial charge in [-0.3, -0.25) is 0 Å². The monoisotopic (exact) mass is 699 g/mol. The molecule has 1 fully saturated rings. The molecule has 0 radical (unpaired) electrons. The number of nitrogen functional groups attached to an aromatic ring is 1. The molecule has 5 rings (SSSR count). The van der Waals surface area contributed by atoms with Crippen LogP contribution in [0.15, 0.2) is 48.5 Å². The summed E-state index contributed by atoms with van der Waals surface area (Å²) in [5.74, 6) is 1.35. The number of aliphatic hydroxyl groups excluding tert-OH is 8. The zero-order valence-electron chi connectivity index (χ0n) is 28.0. The number of para-hydroxylation sites is 1. The Bertz CT molecular complexity index is 1670. The number of aliphatic hydroxyl groups is 8. The van der Waals surface area contributed by atoms with Crippen LogP contribution in [-0.4, -0.2) is 137 Å². The highest BCUT2D eigenvalue weighted by Gasteiger charge is 2.44. The van der Waals surface area contributed by atoms with E-state index in [4.69, 9.17) is 20.2 Å². The molecule has 1 unspecified atom stereocenters. The SMILES string of the molecule is CCCCc1nc2c(N)nc3ccccc3c2n1Cc1ccc(CNC[C@H](O)[C@@H](O)C(OC[C@H]2O[C@H](CO)[C@@H](O)[C@H](O)[C@H]2O)[C@H](O)CO)cc1. The highest BCUT2D eigenvalue weighted by Crippen LogP contribution is 2.30. The number of rotatable bonds is 17. The Morgan fingerprint density at radius 3 is 2.32 bits per heavy atom. The average molecular weight is 700 g/mol. The normalized spacial score (nSPS) is 23.7. The molecular formula is C35H49N5O10. The number of aromatic nitrogens is 3. The second kappa shape index (κ2) is 17.3. The van der Waals surface area contributed by atoms with E-state index in [1.807, 2.05) is 48.5 Å². The first kappa shape index (κ1) is 37.9. The quantitative estimate of drug-likeness (QED) is 0.0632. The number of nitrogens with zero attached hydrogens (tertiary/aromatic N) is 3. The molecule has 0 amide bonds. The van der Waals surface area contributed by atoms with Crippen LogP contribution in [0, 0.1) is 0 Å². The lowest BCUT2D eigenvalue weighted by molar-refractivity contribution is -0.249. The fourth-order valence-corrected chi connectivity index (χ4v) is 6.31. The van der Waals surface area contributed by atoms with E-state index in [2.05, 4.69) is 21.8 Å². The van der Waals surface area contributed by atoms with Gasteiger partial charge in [0.25, 0.3) is 0 Å². The number of nitrogens with two attached hydrogens (primary N) is 1. The zero-order valence-corrected chi connectivity index (χ0v) is 28.0. The standard InChI is InChI=1S/C35H49N5O10/c1-2-3-8-27-39-28-29(21-6-4-5-7-22(21)38-35(28)36)40(27)15-20-11-9-19(10-12-20)13-37-14-23(43)30(45)34(24(44)16-41)49-18-26-32(47)33(48)31(46)25(17-42)50-26/h4-7,9-12,23-26,30-34,37,41-48H,2-3,8,13-18H2,1H3,(H2,36,38)/t23-,24+,25+,26+,30+,31+,32-,33-,34?/m0/s1. The molecule has 0 spiro atoms. The van der Waals surface area contributed by atoms with E-state index in [0.717, 1.165) is 52.6 Å². The first-order valence-electron chi connectivity index (χ1n) is 17.0. The van der Waals surface area contributed by atoms with Crippen molar-refractivity contribution < 1.29 is 50.3 Å². The van der Waals surface area contributed by atoms with Crippen molar-refractivity contribution in [2.45, 2.75) is 94.2 Å². The smallest absolute Gasteiger partial charge is 0.152 e. The topological polar surface area (TPSA) is 249 Å². The number of fused-ring (bicyclic) bond motifs is 3. The van der Waals surface area contributed by atoms with E-state index >= 15 is 0 Å². The lowest BCUT2D eigenvalue weighted by Crippen LogP contribution is -2.60. The minimum atomic E-state index is -1.66.